The van der Waals surface area contributed by atoms with Crippen LogP contribution in [0.3, 0.4) is 0 Å². The van der Waals surface area contributed by atoms with Crippen LogP contribution in [0, 0.1) is 0 Å². The maximum absolute atomic E-state index is 5.05. The Hall–Kier alpha value is -1.46. The molecular weight excluding hydrogens is 246 g/mol. The first kappa shape index (κ1) is 11.6. The molecule has 1 aromatic carbocycles. The van der Waals surface area contributed by atoms with Gasteiger partial charge in [0.1, 0.15) is 6.61 Å². The molecule has 0 bridgehead atoms. The molecule has 0 aliphatic carbocycles. The molecule has 2 heterocycles. The molecular formula is C13H15N3OS. The van der Waals surface area contributed by atoms with E-state index in [-0.39, 0.29) is 0 Å². The highest BCUT2D eigenvalue weighted by Crippen LogP contribution is 2.25. The molecule has 5 heteroatoms. The molecule has 3 rings (SSSR count). The van der Waals surface area contributed by atoms with E-state index >= 15 is 0 Å². The molecule has 0 spiro atoms. The van der Waals surface area contributed by atoms with Crippen LogP contribution in [-0.4, -0.2) is 23.0 Å². The van der Waals surface area contributed by atoms with Gasteiger partial charge in [-0.1, -0.05) is 24.3 Å². The van der Waals surface area contributed by atoms with Gasteiger partial charge in [-0.05, 0) is 17.5 Å². The molecule has 94 valence electrons. The lowest BCUT2D eigenvalue weighted by atomic mass is 10.0. The fourth-order valence-electron chi connectivity index (χ4n) is 2.22. The number of fused-ring (bicyclic) bond motifs is 1. The lowest BCUT2D eigenvalue weighted by Crippen LogP contribution is -2.30. The summed E-state index contributed by atoms with van der Waals surface area (Å²) in [7, 11) is 1.66. The first-order valence-corrected chi connectivity index (χ1v) is 6.77. The normalized spacial score (nSPS) is 14.6. The van der Waals surface area contributed by atoms with E-state index in [0.717, 1.165) is 30.5 Å². The van der Waals surface area contributed by atoms with Gasteiger partial charge < -0.3 is 9.64 Å². The summed E-state index contributed by atoms with van der Waals surface area (Å²) in [5.74, 6) is 0.774. The summed E-state index contributed by atoms with van der Waals surface area (Å²) < 4.78 is 9.35. The fourth-order valence-corrected chi connectivity index (χ4v) is 2.92. The minimum Gasteiger partial charge on any atom is -0.377 e. The van der Waals surface area contributed by atoms with Gasteiger partial charge in [0.15, 0.2) is 5.82 Å². The first-order chi connectivity index (χ1) is 8.86. The van der Waals surface area contributed by atoms with E-state index in [9.17, 15) is 0 Å². The Morgan fingerprint density at radius 3 is 3.00 bits per heavy atom. The van der Waals surface area contributed by atoms with Crippen LogP contribution in [0.25, 0.3) is 0 Å². The number of anilines is 1. The zero-order chi connectivity index (χ0) is 12.4. The third-order valence-electron chi connectivity index (χ3n) is 3.13. The van der Waals surface area contributed by atoms with Crippen LogP contribution in [0.1, 0.15) is 17.0 Å². The summed E-state index contributed by atoms with van der Waals surface area (Å²) in [4.78, 5) is 6.80. The number of benzene rings is 1. The van der Waals surface area contributed by atoms with Crippen molar-refractivity contribution in [2.24, 2.45) is 0 Å². The van der Waals surface area contributed by atoms with Crippen LogP contribution in [0.2, 0.25) is 0 Å². The second-order valence-electron chi connectivity index (χ2n) is 4.37. The Kier molecular flexibility index (Phi) is 3.25. The number of aromatic nitrogens is 2. The van der Waals surface area contributed by atoms with Crippen molar-refractivity contribution in [3.05, 3.63) is 41.2 Å². The molecule has 0 unspecified atom stereocenters. The molecule has 1 aliphatic heterocycles. The molecule has 0 saturated carbocycles. The van der Waals surface area contributed by atoms with Crippen molar-refractivity contribution in [1.29, 1.82) is 0 Å². The van der Waals surface area contributed by atoms with E-state index in [4.69, 9.17) is 4.74 Å². The van der Waals surface area contributed by atoms with E-state index in [1.54, 1.807) is 7.11 Å². The van der Waals surface area contributed by atoms with Crippen molar-refractivity contribution in [2.75, 3.05) is 18.6 Å². The van der Waals surface area contributed by atoms with Gasteiger partial charge in [0.25, 0.3) is 0 Å². The highest BCUT2D eigenvalue weighted by Gasteiger charge is 2.19. The number of hydrogen-bond donors (Lipinski definition) is 0. The number of rotatable bonds is 3. The highest BCUT2D eigenvalue weighted by atomic mass is 32.1. The second kappa shape index (κ2) is 5.04. The Morgan fingerprint density at radius 1 is 1.33 bits per heavy atom. The fraction of sp³-hybridized carbons (Fsp3) is 0.385. The van der Waals surface area contributed by atoms with Gasteiger partial charge in [0, 0.05) is 31.7 Å². The lowest BCUT2D eigenvalue weighted by Gasteiger charge is -2.27. The molecule has 18 heavy (non-hydrogen) atoms. The zero-order valence-corrected chi connectivity index (χ0v) is 11.1. The number of nitrogens with zero attached hydrogens (tertiary/aromatic N) is 3. The molecule has 0 atom stereocenters. The van der Waals surface area contributed by atoms with Gasteiger partial charge in [0.05, 0.1) is 0 Å². The topological polar surface area (TPSA) is 38.2 Å². The van der Waals surface area contributed by atoms with Crippen molar-refractivity contribution < 1.29 is 4.74 Å². The second-order valence-corrected chi connectivity index (χ2v) is 5.10. The molecule has 0 radical (unpaired) electrons. The van der Waals surface area contributed by atoms with Crippen molar-refractivity contribution in [3.63, 3.8) is 0 Å². The first-order valence-electron chi connectivity index (χ1n) is 6.00. The average molecular weight is 261 g/mol. The Labute approximate surface area is 110 Å². The lowest BCUT2D eigenvalue weighted by molar-refractivity contribution is 0.179. The smallest absolute Gasteiger partial charge is 0.205 e. The van der Waals surface area contributed by atoms with Crippen molar-refractivity contribution in [3.8, 4) is 0 Å². The quantitative estimate of drug-likeness (QED) is 0.849. The highest BCUT2D eigenvalue weighted by molar-refractivity contribution is 7.09. The molecule has 2 aromatic rings. The minimum atomic E-state index is 0.487. The van der Waals surface area contributed by atoms with Crippen molar-refractivity contribution >= 4 is 16.7 Å². The monoisotopic (exact) mass is 261 g/mol. The van der Waals surface area contributed by atoms with Gasteiger partial charge in [-0.15, -0.1) is 0 Å². The zero-order valence-electron chi connectivity index (χ0n) is 10.3. The van der Waals surface area contributed by atoms with Crippen molar-refractivity contribution in [2.45, 2.75) is 19.6 Å². The third kappa shape index (κ3) is 2.23. The molecule has 1 aliphatic rings. The van der Waals surface area contributed by atoms with Gasteiger partial charge >= 0.3 is 0 Å². The van der Waals surface area contributed by atoms with Crippen molar-refractivity contribution in [1.82, 2.24) is 9.36 Å². The van der Waals surface area contributed by atoms with E-state index in [0.29, 0.717) is 6.61 Å². The van der Waals surface area contributed by atoms with E-state index in [2.05, 4.69) is 38.5 Å². The predicted octanol–water partition coefficient (Wildman–Crippen LogP) is 2.25. The third-order valence-corrected chi connectivity index (χ3v) is 3.95. The van der Waals surface area contributed by atoms with Gasteiger partial charge in [-0.3, -0.25) is 0 Å². The molecule has 0 saturated heterocycles. The van der Waals surface area contributed by atoms with Crippen LogP contribution >= 0.6 is 11.5 Å². The van der Waals surface area contributed by atoms with Crippen LogP contribution in [-0.2, 0) is 24.3 Å². The van der Waals surface area contributed by atoms with Gasteiger partial charge in [0.2, 0.25) is 5.13 Å². The Morgan fingerprint density at radius 2 is 2.17 bits per heavy atom. The Bertz CT molecular complexity index is 541. The summed E-state index contributed by atoms with van der Waals surface area (Å²) in [6.45, 7) is 2.43. The molecule has 4 nitrogen and oxygen atoms in total. The van der Waals surface area contributed by atoms with E-state index in [1.807, 2.05) is 0 Å². The standard InChI is InChI=1S/C13H15N3OS/c1-17-9-12-14-13(18-15-12)16-7-6-10-4-2-3-5-11(10)8-16/h2-5H,6-9H2,1H3. The van der Waals surface area contributed by atoms with Crippen LogP contribution in [0.5, 0.6) is 0 Å². The molecule has 0 fully saturated rings. The SMILES string of the molecule is COCc1nsc(N2CCc3ccccc3C2)n1. The van der Waals surface area contributed by atoms with Crippen LogP contribution in [0.4, 0.5) is 5.13 Å². The average Bonchev–Trinajstić information content (AvgIpc) is 2.87. The summed E-state index contributed by atoms with van der Waals surface area (Å²) in [6.07, 6.45) is 1.08. The molecule has 1 aromatic heterocycles. The van der Waals surface area contributed by atoms with E-state index in [1.165, 1.54) is 22.7 Å². The summed E-state index contributed by atoms with van der Waals surface area (Å²) >= 11 is 1.46. The summed E-state index contributed by atoms with van der Waals surface area (Å²) in [5, 5.41) is 0.997. The number of methoxy groups -OCH3 is 1. The maximum Gasteiger partial charge on any atom is 0.205 e. The number of hydrogen-bond acceptors (Lipinski definition) is 5. The predicted molar refractivity (Wildman–Crippen MR) is 71.8 cm³/mol. The van der Waals surface area contributed by atoms with E-state index < -0.39 is 0 Å². The summed E-state index contributed by atoms with van der Waals surface area (Å²) in [5.41, 5.74) is 2.85. The van der Waals surface area contributed by atoms with Gasteiger partial charge in [-0.2, -0.15) is 4.37 Å². The largest absolute Gasteiger partial charge is 0.377 e. The van der Waals surface area contributed by atoms with Gasteiger partial charge in [-0.25, -0.2) is 4.98 Å². The summed E-state index contributed by atoms with van der Waals surface area (Å²) in [6, 6.07) is 8.61. The minimum absolute atomic E-state index is 0.487. The van der Waals surface area contributed by atoms with Crippen LogP contribution in [0.15, 0.2) is 24.3 Å². The maximum atomic E-state index is 5.05. The Balaban J connectivity index is 1.78. The van der Waals surface area contributed by atoms with Crippen LogP contribution < -0.4 is 4.90 Å². The number of ether oxygens (including phenoxy) is 1. The molecule has 0 amide bonds. The molecule has 0 N–H and O–H groups in total.